The van der Waals surface area contributed by atoms with E-state index in [1.807, 2.05) is 18.2 Å². The number of rotatable bonds is 5. The first kappa shape index (κ1) is 18.0. The molecule has 0 unspecified atom stereocenters. The Balaban J connectivity index is 1.49. The van der Waals surface area contributed by atoms with E-state index in [9.17, 15) is 13.2 Å². The predicted octanol–water partition coefficient (Wildman–Crippen LogP) is 2.47. The second-order valence-electron chi connectivity index (χ2n) is 8.04. The van der Waals surface area contributed by atoms with Crippen molar-refractivity contribution in [1.82, 2.24) is 9.62 Å². The van der Waals surface area contributed by atoms with Crippen molar-refractivity contribution in [2.24, 2.45) is 5.41 Å². The maximum Gasteiger partial charge on any atom is 0.227 e. The summed E-state index contributed by atoms with van der Waals surface area (Å²) in [7, 11) is -3.21. The van der Waals surface area contributed by atoms with Gasteiger partial charge >= 0.3 is 0 Å². The topological polar surface area (TPSA) is 66.5 Å². The second kappa shape index (κ2) is 6.97. The lowest BCUT2D eigenvalue weighted by molar-refractivity contribution is -0.137. The first-order valence-electron chi connectivity index (χ1n) is 9.86. The maximum absolute atomic E-state index is 13.2. The molecule has 142 valence electrons. The molecule has 6 heteroatoms. The third-order valence-electron chi connectivity index (χ3n) is 6.32. The molecule has 0 aromatic heterocycles. The summed E-state index contributed by atoms with van der Waals surface area (Å²) in [4.78, 5) is 13.2. The minimum atomic E-state index is -3.21. The molecule has 1 amide bonds. The summed E-state index contributed by atoms with van der Waals surface area (Å²) in [6.07, 6.45) is 6.83. The zero-order valence-corrected chi connectivity index (χ0v) is 16.0. The summed E-state index contributed by atoms with van der Waals surface area (Å²) in [5.41, 5.74) is 0.680. The zero-order chi connectivity index (χ0) is 18.2. The number of carbonyl (C=O) groups is 1. The van der Waals surface area contributed by atoms with Crippen LogP contribution in [0.1, 0.15) is 50.5 Å². The monoisotopic (exact) mass is 376 g/mol. The Morgan fingerprint density at radius 2 is 1.88 bits per heavy atom. The van der Waals surface area contributed by atoms with E-state index < -0.39 is 15.4 Å². The molecule has 3 fully saturated rings. The van der Waals surface area contributed by atoms with Crippen LogP contribution in [0.5, 0.6) is 0 Å². The van der Waals surface area contributed by atoms with Gasteiger partial charge in [-0.25, -0.2) is 8.42 Å². The number of amides is 1. The number of hydrogen-bond acceptors (Lipinski definition) is 3. The maximum atomic E-state index is 13.2. The van der Waals surface area contributed by atoms with E-state index in [0.717, 1.165) is 44.9 Å². The van der Waals surface area contributed by atoms with Crippen LogP contribution >= 0.6 is 0 Å². The second-order valence-corrected chi connectivity index (χ2v) is 10.0. The number of nitrogens with one attached hydrogen (secondary N) is 1. The molecule has 4 rings (SSSR count). The smallest absolute Gasteiger partial charge is 0.227 e. The lowest BCUT2D eigenvalue weighted by atomic mass is 9.67. The van der Waals surface area contributed by atoms with E-state index >= 15 is 0 Å². The first-order valence-corrected chi connectivity index (χ1v) is 11.5. The van der Waals surface area contributed by atoms with Crippen LogP contribution in [-0.2, 0) is 21.2 Å². The number of fused-ring (bicyclic) bond motifs is 1. The van der Waals surface area contributed by atoms with Gasteiger partial charge in [-0.15, -0.1) is 0 Å². The lowest BCUT2D eigenvalue weighted by Gasteiger charge is -2.51. The molecule has 2 saturated carbocycles. The quantitative estimate of drug-likeness (QED) is 0.858. The van der Waals surface area contributed by atoms with E-state index in [0.29, 0.717) is 13.0 Å². The molecule has 1 saturated heterocycles. The zero-order valence-electron chi connectivity index (χ0n) is 15.2. The fraction of sp³-hybridized carbons (Fsp3) is 0.650. The number of hydrogen-bond donors (Lipinski definition) is 1. The fourth-order valence-corrected chi connectivity index (χ4v) is 7.02. The van der Waals surface area contributed by atoms with Gasteiger partial charge in [-0.3, -0.25) is 4.79 Å². The van der Waals surface area contributed by atoms with E-state index in [2.05, 4.69) is 17.4 Å². The number of carbonyl (C=O) groups excluding carboxylic acids is 1. The van der Waals surface area contributed by atoms with Crippen LogP contribution in [0.15, 0.2) is 30.3 Å². The van der Waals surface area contributed by atoms with Crippen LogP contribution in [0.25, 0.3) is 0 Å². The van der Waals surface area contributed by atoms with E-state index in [1.165, 1.54) is 5.56 Å². The van der Waals surface area contributed by atoms with E-state index in [4.69, 9.17) is 0 Å². The highest BCUT2D eigenvalue weighted by atomic mass is 32.2. The van der Waals surface area contributed by atoms with Gasteiger partial charge in [-0.1, -0.05) is 43.2 Å². The highest BCUT2D eigenvalue weighted by molar-refractivity contribution is 7.89. The summed E-state index contributed by atoms with van der Waals surface area (Å²) in [6, 6.07) is 10.1. The molecule has 1 aromatic carbocycles. The minimum absolute atomic E-state index is 0.0682. The average molecular weight is 377 g/mol. The number of nitrogens with zero attached hydrogens (tertiary/aromatic N) is 1. The normalized spacial score (nSPS) is 31.2. The van der Waals surface area contributed by atoms with E-state index in [-0.39, 0.29) is 23.7 Å². The Hall–Kier alpha value is -1.40. The molecular weight excluding hydrogens is 348 g/mol. The average Bonchev–Trinajstić information content (AvgIpc) is 3.46. The van der Waals surface area contributed by atoms with Crippen molar-refractivity contribution >= 4 is 15.9 Å². The van der Waals surface area contributed by atoms with Gasteiger partial charge in [-0.05, 0) is 44.1 Å². The molecule has 0 bridgehead atoms. The van der Waals surface area contributed by atoms with Crippen molar-refractivity contribution in [2.75, 3.05) is 12.3 Å². The summed E-state index contributed by atoms with van der Waals surface area (Å²) in [5.74, 6) is 0.185. The van der Waals surface area contributed by atoms with Crippen LogP contribution in [0.4, 0.5) is 0 Å². The van der Waals surface area contributed by atoms with Crippen molar-refractivity contribution in [3.63, 3.8) is 0 Å². The molecule has 0 spiro atoms. The van der Waals surface area contributed by atoms with Crippen LogP contribution in [0, 0.1) is 5.41 Å². The van der Waals surface area contributed by atoms with Gasteiger partial charge in [0, 0.05) is 18.6 Å². The molecule has 1 heterocycles. The van der Waals surface area contributed by atoms with Crippen LogP contribution < -0.4 is 5.32 Å². The Morgan fingerprint density at radius 1 is 1.12 bits per heavy atom. The lowest BCUT2D eigenvalue weighted by Crippen LogP contribution is -2.63. The standard InChI is InChI=1S/C20H28N2O3S/c23-19(21-14-11-16-6-2-1-3-7-16)20-12-5-4-8-18(20)22(17-9-10-17)26(24,25)15-13-20/h1-3,6-7,17-18H,4-5,8-15H2,(H,21,23)/t18-,20-/m1/s1. The Labute approximate surface area is 156 Å². The van der Waals surface area contributed by atoms with Crippen molar-refractivity contribution in [3.8, 4) is 0 Å². The Bertz CT molecular complexity index is 761. The molecule has 2 atom stereocenters. The SMILES string of the molecule is O=C(NCCc1ccccc1)[C@@]12CCCC[C@H]1N(C1CC1)S(=O)(=O)CC2. The number of sulfonamides is 1. The van der Waals surface area contributed by atoms with Gasteiger partial charge in [0.2, 0.25) is 15.9 Å². The van der Waals surface area contributed by atoms with Crippen LogP contribution in [0.2, 0.25) is 0 Å². The predicted molar refractivity (Wildman–Crippen MR) is 101 cm³/mol. The molecule has 2 aliphatic carbocycles. The molecule has 1 N–H and O–H groups in total. The van der Waals surface area contributed by atoms with Crippen molar-refractivity contribution in [3.05, 3.63) is 35.9 Å². The first-order chi connectivity index (χ1) is 12.5. The van der Waals surface area contributed by atoms with Crippen molar-refractivity contribution in [1.29, 1.82) is 0 Å². The fourth-order valence-electron chi connectivity index (χ4n) is 4.82. The van der Waals surface area contributed by atoms with Crippen LogP contribution in [0.3, 0.4) is 0 Å². The highest BCUT2D eigenvalue weighted by Gasteiger charge is 2.58. The molecule has 0 radical (unpaired) electrons. The van der Waals surface area contributed by atoms with Gasteiger partial charge in [0.25, 0.3) is 0 Å². The summed E-state index contributed by atoms with van der Waals surface area (Å²) in [6.45, 7) is 0.605. The van der Waals surface area contributed by atoms with Crippen molar-refractivity contribution < 1.29 is 13.2 Å². The molecular formula is C20H28N2O3S. The van der Waals surface area contributed by atoms with Gasteiger partial charge in [0.05, 0.1) is 11.2 Å². The Morgan fingerprint density at radius 3 is 2.62 bits per heavy atom. The molecule has 1 aromatic rings. The van der Waals surface area contributed by atoms with Crippen molar-refractivity contribution in [2.45, 2.75) is 63.5 Å². The summed E-state index contributed by atoms with van der Waals surface area (Å²) < 4.78 is 27.1. The number of benzene rings is 1. The Kier molecular flexibility index (Phi) is 4.82. The molecule has 26 heavy (non-hydrogen) atoms. The summed E-state index contributed by atoms with van der Waals surface area (Å²) in [5, 5.41) is 3.14. The van der Waals surface area contributed by atoms with Crippen LogP contribution in [-0.4, -0.2) is 43.0 Å². The molecule has 1 aliphatic heterocycles. The largest absolute Gasteiger partial charge is 0.355 e. The summed E-state index contributed by atoms with van der Waals surface area (Å²) >= 11 is 0. The van der Waals surface area contributed by atoms with Gasteiger partial charge in [0.15, 0.2) is 0 Å². The van der Waals surface area contributed by atoms with Gasteiger partial charge in [-0.2, -0.15) is 4.31 Å². The van der Waals surface area contributed by atoms with Gasteiger partial charge in [0.1, 0.15) is 0 Å². The van der Waals surface area contributed by atoms with Gasteiger partial charge < -0.3 is 5.32 Å². The third kappa shape index (κ3) is 3.29. The van der Waals surface area contributed by atoms with E-state index in [1.54, 1.807) is 4.31 Å². The third-order valence-corrected chi connectivity index (χ3v) is 8.24. The minimum Gasteiger partial charge on any atom is -0.355 e. The molecule has 5 nitrogen and oxygen atoms in total. The molecule has 3 aliphatic rings. The highest BCUT2D eigenvalue weighted by Crippen LogP contribution is 2.50.